The average molecular weight is 274 g/mol. The number of rotatable bonds is 2. The van der Waals surface area contributed by atoms with Crippen molar-refractivity contribution < 1.29 is 0 Å². The number of hydrogen-bond donors (Lipinski definition) is 1. The fourth-order valence-corrected chi connectivity index (χ4v) is 3.87. The molecule has 3 rings (SSSR count). The minimum absolute atomic E-state index is 0.0467. The second-order valence-corrected chi connectivity index (χ2v) is 6.39. The highest BCUT2D eigenvalue weighted by Crippen LogP contribution is 2.33. The largest absolute Gasteiger partial charge is 0.356 e. The summed E-state index contributed by atoms with van der Waals surface area (Å²) in [6.07, 6.45) is 5.82. The van der Waals surface area contributed by atoms with Crippen LogP contribution in [0.4, 0.5) is 5.82 Å². The van der Waals surface area contributed by atoms with Gasteiger partial charge in [0.1, 0.15) is 5.82 Å². The Balaban J connectivity index is 1.79. The number of aromatic nitrogens is 1. The number of fused-ring (bicyclic) bond motifs is 1. The van der Waals surface area contributed by atoms with Crippen LogP contribution in [-0.2, 0) is 0 Å². The zero-order valence-corrected chi connectivity index (χ0v) is 12.6. The van der Waals surface area contributed by atoms with Crippen LogP contribution in [0, 0.1) is 5.92 Å². The van der Waals surface area contributed by atoms with Gasteiger partial charge in [-0.3, -0.25) is 0 Å². The molecule has 0 aromatic carbocycles. The Hall–Kier alpha value is -1.13. The lowest BCUT2D eigenvalue weighted by Gasteiger charge is -2.46. The van der Waals surface area contributed by atoms with Crippen LogP contribution in [0.5, 0.6) is 0 Å². The van der Waals surface area contributed by atoms with Crippen LogP contribution < -0.4 is 10.6 Å². The van der Waals surface area contributed by atoms with E-state index >= 15 is 0 Å². The van der Waals surface area contributed by atoms with E-state index in [9.17, 15) is 0 Å². The molecular weight excluding hydrogens is 248 g/mol. The number of nitrogens with two attached hydrogens (primary N) is 1. The van der Waals surface area contributed by atoms with Crippen LogP contribution in [0.2, 0.25) is 0 Å². The number of pyridine rings is 1. The first-order valence-corrected chi connectivity index (χ1v) is 7.82. The lowest BCUT2D eigenvalue weighted by molar-refractivity contribution is 0.102. The van der Waals surface area contributed by atoms with Gasteiger partial charge in [0.2, 0.25) is 0 Å². The number of anilines is 1. The number of likely N-dealkylation sites (tertiary alicyclic amines) is 1. The fraction of sp³-hybridized carbons (Fsp3) is 0.688. The molecule has 3 heterocycles. The monoisotopic (exact) mass is 274 g/mol. The van der Waals surface area contributed by atoms with Gasteiger partial charge in [-0.2, -0.15) is 0 Å². The SMILES string of the molecule is CC(N)c1cccnc1N1CCC2C(CCCN2C)C1. The van der Waals surface area contributed by atoms with Crippen molar-refractivity contribution in [1.82, 2.24) is 9.88 Å². The number of piperidine rings is 2. The maximum atomic E-state index is 6.10. The summed E-state index contributed by atoms with van der Waals surface area (Å²) in [5.74, 6) is 1.89. The molecule has 2 N–H and O–H groups in total. The van der Waals surface area contributed by atoms with Gasteiger partial charge in [-0.25, -0.2) is 4.98 Å². The van der Waals surface area contributed by atoms with E-state index in [0.717, 1.165) is 30.9 Å². The standard InChI is InChI=1S/C16H26N4/c1-12(17)14-6-3-8-18-16(14)20-10-7-15-13(11-20)5-4-9-19(15)2/h3,6,8,12-13,15H,4-5,7,9-11,17H2,1-2H3. The van der Waals surface area contributed by atoms with Crippen molar-refractivity contribution in [1.29, 1.82) is 0 Å². The number of nitrogens with zero attached hydrogens (tertiary/aromatic N) is 3. The molecule has 1 aromatic heterocycles. The van der Waals surface area contributed by atoms with Crippen LogP contribution in [0.15, 0.2) is 18.3 Å². The summed E-state index contributed by atoms with van der Waals surface area (Å²) in [4.78, 5) is 9.62. The smallest absolute Gasteiger partial charge is 0.133 e. The zero-order chi connectivity index (χ0) is 14.1. The van der Waals surface area contributed by atoms with Crippen molar-refractivity contribution in [2.24, 2.45) is 11.7 Å². The Morgan fingerprint density at radius 2 is 2.20 bits per heavy atom. The Kier molecular flexibility index (Phi) is 3.94. The summed E-state index contributed by atoms with van der Waals surface area (Å²) < 4.78 is 0. The van der Waals surface area contributed by atoms with Gasteiger partial charge in [-0.05, 0) is 51.8 Å². The quantitative estimate of drug-likeness (QED) is 0.896. The molecular formula is C16H26N4. The van der Waals surface area contributed by atoms with Gasteiger partial charge in [0, 0.05) is 36.9 Å². The first-order chi connectivity index (χ1) is 9.66. The summed E-state index contributed by atoms with van der Waals surface area (Å²) in [5, 5.41) is 0. The summed E-state index contributed by atoms with van der Waals surface area (Å²) in [7, 11) is 2.28. The normalized spacial score (nSPS) is 29.1. The molecule has 4 nitrogen and oxygen atoms in total. The van der Waals surface area contributed by atoms with Gasteiger partial charge in [-0.15, -0.1) is 0 Å². The van der Waals surface area contributed by atoms with E-state index in [0.29, 0.717) is 0 Å². The van der Waals surface area contributed by atoms with Gasteiger partial charge >= 0.3 is 0 Å². The van der Waals surface area contributed by atoms with E-state index in [2.05, 4.69) is 27.9 Å². The lowest BCUT2D eigenvalue weighted by Crippen LogP contribution is -2.53. The van der Waals surface area contributed by atoms with Crippen LogP contribution in [-0.4, -0.2) is 42.6 Å². The summed E-state index contributed by atoms with van der Waals surface area (Å²) in [5.41, 5.74) is 7.28. The maximum absolute atomic E-state index is 6.10. The molecule has 0 amide bonds. The highest BCUT2D eigenvalue weighted by atomic mass is 15.2. The van der Waals surface area contributed by atoms with Crippen molar-refractivity contribution in [3.05, 3.63) is 23.9 Å². The van der Waals surface area contributed by atoms with Crippen molar-refractivity contribution in [3.8, 4) is 0 Å². The van der Waals surface area contributed by atoms with E-state index in [1.165, 1.54) is 31.4 Å². The van der Waals surface area contributed by atoms with Gasteiger partial charge in [-0.1, -0.05) is 6.07 Å². The number of hydrogen-bond acceptors (Lipinski definition) is 4. The molecule has 4 heteroatoms. The average Bonchev–Trinajstić information content (AvgIpc) is 2.47. The van der Waals surface area contributed by atoms with Gasteiger partial charge in [0.15, 0.2) is 0 Å². The molecule has 2 aliphatic rings. The Morgan fingerprint density at radius 1 is 1.35 bits per heavy atom. The fourth-order valence-electron chi connectivity index (χ4n) is 3.87. The predicted octanol–water partition coefficient (Wildman–Crippen LogP) is 2.02. The molecule has 0 radical (unpaired) electrons. The van der Waals surface area contributed by atoms with Crippen molar-refractivity contribution in [3.63, 3.8) is 0 Å². The Bertz CT molecular complexity index is 460. The maximum Gasteiger partial charge on any atom is 0.133 e. The minimum atomic E-state index is 0.0467. The summed E-state index contributed by atoms with van der Waals surface area (Å²) in [6.45, 7) is 5.53. The van der Waals surface area contributed by atoms with Gasteiger partial charge in [0.25, 0.3) is 0 Å². The van der Waals surface area contributed by atoms with E-state index in [-0.39, 0.29) is 6.04 Å². The van der Waals surface area contributed by atoms with E-state index in [1.807, 2.05) is 19.2 Å². The molecule has 0 bridgehead atoms. The van der Waals surface area contributed by atoms with Crippen LogP contribution in [0.3, 0.4) is 0 Å². The topological polar surface area (TPSA) is 45.4 Å². The Morgan fingerprint density at radius 3 is 3.00 bits per heavy atom. The molecule has 3 atom stereocenters. The van der Waals surface area contributed by atoms with Crippen molar-refractivity contribution in [2.75, 3.05) is 31.6 Å². The first-order valence-electron chi connectivity index (χ1n) is 7.82. The zero-order valence-electron chi connectivity index (χ0n) is 12.6. The molecule has 0 spiro atoms. The third-order valence-corrected chi connectivity index (χ3v) is 4.95. The minimum Gasteiger partial charge on any atom is -0.356 e. The summed E-state index contributed by atoms with van der Waals surface area (Å²) in [6, 6.07) is 4.92. The van der Waals surface area contributed by atoms with Crippen molar-refractivity contribution in [2.45, 2.75) is 38.3 Å². The van der Waals surface area contributed by atoms with Crippen LogP contribution in [0.25, 0.3) is 0 Å². The predicted molar refractivity (Wildman–Crippen MR) is 82.8 cm³/mol. The lowest BCUT2D eigenvalue weighted by atomic mass is 9.84. The summed E-state index contributed by atoms with van der Waals surface area (Å²) >= 11 is 0. The van der Waals surface area contributed by atoms with Crippen LogP contribution >= 0.6 is 0 Å². The highest BCUT2D eigenvalue weighted by molar-refractivity contribution is 5.48. The molecule has 0 saturated carbocycles. The molecule has 3 unspecified atom stereocenters. The Labute approximate surface area is 122 Å². The van der Waals surface area contributed by atoms with Gasteiger partial charge < -0.3 is 15.5 Å². The third kappa shape index (κ3) is 2.54. The van der Waals surface area contributed by atoms with E-state index in [1.54, 1.807) is 0 Å². The second-order valence-electron chi connectivity index (χ2n) is 6.39. The molecule has 1 aromatic rings. The van der Waals surface area contributed by atoms with Gasteiger partial charge in [0.05, 0.1) is 0 Å². The van der Waals surface area contributed by atoms with E-state index in [4.69, 9.17) is 5.73 Å². The molecule has 20 heavy (non-hydrogen) atoms. The van der Waals surface area contributed by atoms with Crippen LogP contribution in [0.1, 0.15) is 37.8 Å². The van der Waals surface area contributed by atoms with E-state index < -0.39 is 0 Å². The molecule has 2 aliphatic heterocycles. The third-order valence-electron chi connectivity index (χ3n) is 4.95. The van der Waals surface area contributed by atoms with Crippen molar-refractivity contribution >= 4 is 5.82 Å². The molecule has 0 aliphatic carbocycles. The molecule has 110 valence electrons. The molecule has 2 saturated heterocycles. The second kappa shape index (κ2) is 5.70. The highest BCUT2D eigenvalue weighted by Gasteiger charge is 2.35. The molecule has 2 fully saturated rings. The first kappa shape index (κ1) is 13.8.